The van der Waals surface area contributed by atoms with E-state index in [4.69, 9.17) is 33.0 Å². The van der Waals surface area contributed by atoms with Gasteiger partial charge in [-0.1, -0.05) is 11.6 Å². The molecule has 0 amide bonds. The highest BCUT2D eigenvalue weighted by Gasteiger charge is 2.45. The van der Waals surface area contributed by atoms with E-state index < -0.39 is 22.9 Å². The number of hydrogen-bond donors (Lipinski definition) is 1. The Balaban J connectivity index is 2.93. The van der Waals surface area contributed by atoms with Crippen LogP contribution in [-0.4, -0.2) is 28.0 Å². The zero-order valence-electron chi connectivity index (χ0n) is 6.58. The van der Waals surface area contributed by atoms with Crippen LogP contribution in [0.25, 0.3) is 0 Å². The second-order valence-electron chi connectivity index (χ2n) is 2.77. The number of rotatable bonds is 2. The summed E-state index contributed by atoms with van der Waals surface area (Å²) in [6, 6.07) is 0. The Bertz CT molecular complexity index is 299. The minimum absolute atomic E-state index is 0.144. The molecule has 0 saturated heterocycles. The average molecular weight is 225 g/mol. The first kappa shape index (κ1) is 10.3. The maximum Gasteiger partial charge on any atom is 0.350 e. The Hall–Kier alpha value is -0.740. The largest absolute Gasteiger partial charge is 0.480 e. The van der Waals surface area contributed by atoms with Crippen LogP contribution in [0, 0.1) is 0 Å². The van der Waals surface area contributed by atoms with Gasteiger partial charge in [0.2, 0.25) is 0 Å². The topological polar surface area (TPSA) is 63.6 Å². The minimum atomic E-state index is -1.36. The van der Waals surface area contributed by atoms with Gasteiger partial charge in [0.05, 0.1) is 0 Å². The SMILES string of the molecule is CC1(C(Cl)C(=O)O)C=C(Cl)C(=O)O1. The number of cyclic esters (lactones) is 1. The number of halogens is 2. The lowest BCUT2D eigenvalue weighted by molar-refractivity contribution is -0.150. The number of esters is 1. The molecule has 6 heteroatoms. The van der Waals surface area contributed by atoms with Crippen LogP contribution in [-0.2, 0) is 14.3 Å². The van der Waals surface area contributed by atoms with Gasteiger partial charge >= 0.3 is 11.9 Å². The molecule has 0 saturated carbocycles. The van der Waals surface area contributed by atoms with Gasteiger partial charge in [-0.3, -0.25) is 4.79 Å². The summed E-state index contributed by atoms with van der Waals surface area (Å²) >= 11 is 10.9. The van der Waals surface area contributed by atoms with Crippen LogP contribution in [0.1, 0.15) is 6.92 Å². The molecule has 0 spiro atoms. The van der Waals surface area contributed by atoms with Crippen molar-refractivity contribution in [1.29, 1.82) is 0 Å². The second-order valence-corrected chi connectivity index (χ2v) is 3.61. The number of carbonyl (C=O) groups excluding carboxylic acids is 1. The van der Waals surface area contributed by atoms with Crippen LogP contribution in [0.15, 0.2) is 11.1 Å². The molecule has 1 heterocycles. The molecule has 1 N–H and O–H groups in total. The van der Waals surface area contributed by atoms with E-state index in [2.05, 4.69) is 0 Å². The summed E-state index contributed by atoms with van der Waals surface area (Å²) in [5.41, 5.74) is -1.36. The predicted molar refractivity (Wildman–Crippen MR) is 45.7 cm³/mol. The lowest BCUT2D eigenvalue weighted by atomic mass is 10.0. The number of alkyl halides is 1. The molecule has 1 aliphatic heterocycles. The van der Waals surface area contributed by atoms with Crippen molar-refractivity contribution in [3.05, 3.63) is 11.1 Å². The molecule has 0 bridgehead atoms. The van der Waals surface area contributed by atoms with Gasteiger partial charge in [0.25, 0.3) is 0 Å². The summed E-state index contributed by atoms with van der Waals surface area (Å²) in [6.45, 7) is 1.38. The molecule has 0 radical (unpaired) electrons. The van der Waals surface area contributed by atoms with Gasteiger partial charge in [-0.2, -0.15) is 0 Å². The number of hydrogen-bond acceptors (Lipinski definition) is 3. The van der Waals surface area contributed by atoms with Crippen LogP contribution in [0.5, 0.6) is 0 Å². The first-order valence-electron chi connectivity index (χ1n) is 3.35. The maximum atomic E-state index is 10.8. The number of carboxylic acid groups (broad SMARTS) is 1. The third-order valence-corrected chi connectivity index (χ3v) is 2.52. The predicted octanol–water partition coefficient (Wildman–Crippen LogP) is 1.12. The molecule has 72 valence electrons. The van der Waals surface area contributed by atoms with E-state index in [-0.39, 0.29) is 5.03 Å². The van der Waals surface area contributed by atoms with Crippen LogP contribution >= 0.6 is 23.2 Å². The van der Waals surface area contributed by atoms with Crippen LogP contribution in [0.4, 0.5) is 0 Å². The van der Waals surface area contributed by atoms with Crippen molar-refractivity contribution in [1.82, 2.24) is 0 Å². The summed E-state index contributed by atoms with van der Waals surface area (Å²) in [4.78, 5) is 21.4. The molecule has 0 aliphatic carbocycles. The molecule has 2 unspecified atom stereocenters. The minimum Gasteiger partial charge on any atom is -0.480 e. The van der Waals surface area contributed by atoms with E-state index >= 15 is 0 Å². The molecule has 2 atom stereocenters. The molecule has 4 nitrogen and oxygen atoms in total. The number of carbonyl (C=O) groups is 2. The molecule has 0 fully saturated rings. The molecule has 13 heavy (non-hydrogen) atoms. The number of carboxylic acids is 1. The average Bonchev–Trinajstić information content (AvgIpc) is 2.26. The van der Waals surface area contributed by atoms with Gasteiger partial charge in [-0.25, -0.2) is 4.79 Å². The number of ether oxygens (including phenoxy) is 1. The van der Waals surface area contributed by atoms with Gasteiger partial charge < -0.3 is 9.84 Å². The van der Waals surface area contributed by atoms with Gasteiger partial charge in [-0.15, -0.1) is 11.6 Å². The van der Waals surface area contributed by atoms with Crippen molar-refractivity contribution in [2.45, 2.75) is 17.9 Å². The lowest BCUT2D eigenvalue weighted by Gasteiger charge is -2.23. The van der Waals surface area contributed by atoms with Crippen molar-refractivity contribution >= 4 is 35.1 Å². The van der Waals surface area contributed by atoms with Crippen LogP contribution < -0.4 is 0 Å². The Kier molecular flexibility index (Phi) is 2.54. The van der Waals surface area contributed by atoms with Crippen molar-refractivity contribution < 1.29 is 19.4 Å². The van der Waals surface area contributed by atoms with Crippen molar-refractivity contribution in [2.75, 3.05) is 0 Å². The van der Waals surface area contributed by atoms with Gasteiger partial charge in [0, 0.05) is 0 Å². The van der Waals surface area contributed by atoms with E-state index in [9.17, 15) is 9.59 Å². The lowest BCUT2D eigenvalue weighted by Crippen LogP contribution is -2.40. The first-order chi connectivity index (χ1) is 5.87. The smallest absolute Gasteiger partial charge is 0.350 e. The summed E-state index contributed by atoms with van der Waals surface area (Å²) in [7, 11) is 0. The fourth-order valence-electron chi connectivity index (χ4n) is 0.959. The normalized spacial score (nSPS) is 29.5. The highest BCUT2D eigenvalue weighted by Crippen LogP contribution is 2.32. The molecular weight excluding hydrogens is 219 g/mol. The van der Waals surface area contributed by atoms with Gasteiger partial charge in [0.15, 0.2) is 11.0 Å². The molecule has 1 rings (SSSR count). The van der Waals surface area contributed by atoms with Crippen LogP contribution in [0.3, 0.4) is 0 Å². The first-order valence-corrected chi connectivity index (χ1v) is 4.17. The van der Waals surface area contributed by atoms with E-state index in [0.29, 0.717) is 0 Å². The van der Waals surface area contributed by atoms with Crippen molar-refractivity contribution in [2.24, 2.45) is 0 Å². The highest BCUT2D eigenvalue weighted by molar-refractivity contribution is 6.42. The third kappa shape index (κ3) is 1.78. The van der Waals surface area contributed by atoms with Crippen molar-refractivity contribution in [3.8, 4) is 0 Å². The number of aliphatic carboxylic acids is 1. The quantitative estimate of drug-likeness (QED) is 0.564. The van der Waals surface area contributed by atoms with Crippen molar-refractivity contribution in [3.63, 3.8) is 0 Å². The van der Waals surface area contributed by atoms with E-state index in [0.717, 1.165) is 0 Å². The molecule has 0 aromatic heterocycles. The highest BCUT2D eigenvalue weighted by atomic mass is 35.5. The van der Waals surface area contributed by atoms with Gasteiger partial charge in [-0.05, 0) is 13.0 Å². The van der Waals surface area contributed by atoms with E-state index in [1.165, 1.54) is 13.0 Å². The zero-order chi connectivity index (χ0) is 10.2. The third-order valence-electron chi connectivity index (χ3n) is 1.64. The van der Waals surface area contributed by atoms with Crippen LogP contribution in [0.2, 0.25) is 0 Å². The van der Waals surface area contributed by atoms with Gasteiger partial charge in [0.1, 0.15) is 5.03 Å². The summed E-state index contributed by atoms with van der Waals surface area (Å²) in [6.07, 6.45) is 1.20. The Labute approximate surface area is 84.1 Å². The fraction of sp³-hybridized carbons (Fsp3) is 0.429. The zero-order valence-corrected chi connectivity index (χ0v) is 8.09. The Morgan fingerprint density at radius 2 is 2.31 bits per heavy atom. The van der Waals surface area contributed by atoms with E-state index in [1.807, 2.05) is 0 Å². The fourth-order valence-corrected chi connectivity index (χ4v) is 1.32. The summed E-state index contributed by atoms with van der Waals surface area (Å²) in [5.74, 6) is -2.02. The molecular formula is C7H6Cl2O4. The standard InChI is InChI=1S/C7H6Cl2O4/c1-7(4(9)5(10)11)2-3(8)6(12)13-7/h2,4H,1H3,(H,10,11). The molecule has 1 aliphatic rings. The monoisotopic (exact) mass is 224 g/mol. The molecule has 0 aromatic rings. The van der Waals surface area contributed by atoms with E-state index in [1.54, 1.807) is 0 Å². The molecule has 0 aromatic carbocycles. The summed E-state index contributed by atoms with van der Waals surface area (Å²) < 4.78 is 4.71. The Morgan fingerprint density at radius 1 is 1.77 bits per heavy atom. The summed E-state index contributed by atoms with van der Waals surface area (Å²) in [5, 5.41) is 7.10. The second kappa shape index (κ2) is 3.20. The Morgan fingerprint density at radius 3 is 2.62 bits per heavy atom. The maximum absolute atomic E-state index is 10.8.